The van der Waals surface area contributed by atoms with Crippen LogP contribution in [-0.2, 0) is 4.79 Å². The largest absolute Gasteiger partial charge is 0.497 e. The number of aliphatic carboxylic acids is 1. The van der Waals surface area contributed by atoms with E-state index >= 15 is 0 Å². The number of benzene rings is 1. The molecule has 1 aromatic carbocycles. The number of hydrogen-bond acceptors (Lipinski definition) is 3. The first kappa shape index (κ1) is 16.8. The van der Waals surface area contributed by atoms with E-state index in [-0.39, 0.29) is 5.92 Å². The molecule has 0 saturated carbocycles. The zero-order chi connectivity index (χ0) is 16.0. The van der Waals surface area contributed by atoms with Gasteiger partial charge < -0.3 is 20.5 Å². The molecule has 0 heterocycles. The second-order valence-corrected chi connectivity index (χ2v) is 4.98. The third-order valence-electron chi connectivity index (χ3n) is 3.45. The van der Waals surface area contributed by atoms with Crippen LogP contribution in [0.15, 0.2) is 18.2 Å². The highest BCUT2D eigenvalue weighted by Crippen LogP contribution is 2.21. The van der Waals surface area contributed by atoms with Crippen molar-refractivity contribution in [3.05, 3.63) is 23.8 Å². The van der Waals surface area contributed by atoms with Gasteiger partial charge >= 0.3 is 12.0 Å². The lowest BCUT2D eigenvalue weighted by Crippen LogP contribution is -2.46. The predicted molar refractivity (Wildman–Crippen MR) is 80.8 cm³/mol. The van der Waals surface area contributed by atoms with Crippen LogP contribution in [0.2, 0.25) is 0 Å². The Morgan fingerprint density at radius 2 is 2.05 bits per heavy atom. The Balaban J connectivity index is 2.74. The van der Waals surface area contributed by atoms with Gasteiger partial charge in [0.25, 0.3) is 0 Å². The van der Waals surface area contributed by atoms with Crippen LogP contribution < -0.4 is 15.4 Å². The van der Waals surface area contributed by atoms with E-state index in [1.165, 1.54) is 0 Å². The first-order valence-corrected chi connectivity index (χ1v) is 6.84. The van der Waals surface area contributed by atoms with Crippen molar-refractivity contribution in [2.75, 3.05) is 12.4 Å². The number of aryl methyl sites for hydroxylation is 1. The molecule has 0 aromatic heterocycles. The maximum atomic E-state index is 11.9. The number of carboxylic acids is 1. The lowest BCUT2D eigenvalue weighted by molar-refractivity contribution is -0.140. The summed E-state index contributed by atoms with van der Waals surface area (Å²) in [7, 11) is 1.57. The number of methoxy groups -OCH3 is 1. The molecular weight excluding hydrogens is 272 g/mol. The van der Waals surface area contributed by atoms with Gasteiger partial charge in [-0.05, 0) is 36.6 Å². The van der Waals surface area contributed by atoms with Gasteiger partial charge in [-0.25, -0.2) is 9.59 Å². The molecule has 1 rings (SSSR count). The van der Waals surface area contributed by atoms with E-state index in [4.69, 9.17) is 9.84 Å². The molecular formula is C15H22N2O4. The van der Waals surface area contributed by atoms with Crippen molar-refractivity contribution >= 4 is 17.7 Å². The van der Waals surface area contributed by atoms with Crippen molar-refractivity contribution in [2.45, 2.75) is 33.2 Å². The van der Waals surface area contributed by atoms with Crippen molar-refractivity contribution in [3.63, 3.8) is 0 Å². The fraction of sp³-hybridized carbons (Fsp3) is 0.467. The van der Waals surface area contributed by atoms with Crippen molar-refractivity contribution in [1.82, 2.24) is 5.32 Å². The highest BCUT2D eigenvalue weighted by atomic mass is 16.5. The summed E-state index contributed by atoms with van der Waals surface area (Å²) in [6, 6.07) is 3.79. The molecule has 0 aliphatic carbocycles. The van der Waals surface area contributed by atoms with Crippen LogP contribution in [-0.4, -0.2) is 30.3 Å². The van der Waals surface area contributed by atoms with E-state index in [9.17, 15) is 9.59 Å². The van der Waals surface area contributed by atoms with Crippen molar-refractivity contribution in [2.24, 2.45) is 5.92 Å². The smallest absolute Gasteiger partial charge is 0.326 e. The van der Waals surface area contributed by atoms with E-state index < -0.39 is 18.0 Å². The van der Waals surface area contributed by atoms with E-state index in [1.807, 2.05) is 13.8 Å². The van der Waals surface area contributed by atoms with Crippen LogP contribution in [0, 0.1) is 12.8 Å². The molecule has 21 heavy (non-hydrogen) atoms. The molecule has 0 aliphatic heterocycles. The van der Waals surface area contributed by atoms with E-state index in [2.05, 4.69) is 10.6 Å². The maximum absolute atomic E-state index is 11.9. The molecule has 0 bridgehead atoms. The monoisotopic (exact) mass is 294 g/mol. The Kier molecular flexibility index (Phi) is 6.02. The number of hydrogen-bond donors (Lipinski definition) is 3. The third kappa shape index (κ3) is 4.66. The number of carbonyl (C=O) groups is 2. The molecule has 2 amide bonds. The lowest BCUT2D eigenvalue weighted by atomic mass is 9.99. The van der Waals surface area contributed by atoms with Gasteiger partial charge in [-0.15, -0.1) is 0 Å². The number of ether oxygens (including phenoxy) is 1. The molecule has 0 spiro atoms. The summed E-state index contributed by atoms with van der Waals surface area (Å²) >= 11 is 0. The third-order valence-corrected chi connectivity index (χ3v) is 3.45. The fourth-order valence-corrected chi connectivity index (χ4v) is 1.89. The van der Waals surface area contributed by atoms with Crippen LogP contribution >= 0.6 is 0 Å². The minimum atomic E-state index is -1.04. The summed E-state index contributed by atoms with van der Waals surface area (Å²) in [5, 5.41) is 14.3. The Morgan fingerprint density at radius 1 is 1.38 bits per heavy atom. The first-order chi connectivity index (χ1) is 9.88. The number of carbonyl (C=O) groups excluding carboxylic acids is 1. The number of amides is 2. The molecule has 1 aromatic rings. The summed E-state index contributed by atoms with van der Waals surface area (Å²) in [5.41, 5.74) is 1.45. The topological polar surface area (TPSA) is 87.7 Å². The molecule has 0 unspecified atom stereocenters. The van der Waals surface area contributed by atoms with E-state index in [1.54, 1.807) is 32.2 Å². The molecule has 6 heteroatoms. The Labute approximate surface area is 124 Å². The highest BCUT2D eigenvalue weighted by Gasteiger charge is 2.25. The highest BCUT2D eigenvalue weighted by molar-refractivity contribution is 5.93. The summed E-state index contributed by atoms with van der Waals surface area (Å²) in [6.45, 7) is 5.51. The normalized spacial score (nSPS) is 13.1. The molecule has 0 fully saturated rings. The molecule has 0 radical (unpaired) electrons. The summed E-state index contributed by atoms with van der Waals surface area (Å²) in [4.78, 5) is 23.1. The van der Waals surface area contributed by atoms with Gasteiger partial charge in [0.2, 0.25) is 0 Å². The van der Waals surface area contributed by atoms with Gasteiger partial charge in [-0.2, -0.15) is 0 Å². The average molecular weight is 294 g/mol. The van der Waals surface area contributed by atoms with E-state index in [0.29, 0.717) is 17.9 Å². The van der Waals surface area contributed by atoms with Gasteiger partial charge in [0.15, 0.2) is 0 Å². The number of rotatable bonds is 6. The van der Waals surface area contributed by atoms with Crippen molar-refractivity contribution in [1.29, 1.82) is 0 Å². The van der Waals surface area contributed by atoms with Crippen LogP contribution in [0.1, 0.15) is 25.8 Å². The Bertz CT molecular complexity index is 516. The molecule has 116 valence electrons. The van der Waals surface area contributed by atoms with Crippen LogP contribution in [0.5, 0.6) is 5.75 Å². The van der Waals surface area contributed by atoms with Crippen LogP contribution in [0.4, 0.5) is 10.5 Å². The molecule has 2 atom stereocenters. The lowest BCUT2D eigenvalue weighted by Gasteiger charge is -2.20. The molecule has 0 saturated heterocycles. The van der Waals surface area contributed by atoms with Crippen LogP contribution in [0.25, 0.3) is 0 Å². The number of carboxylic acid groups (broad SMARTS) is 1. The number of urea groups is 1. The zero-order valence-corrected chi connectivity index (χ0v) is 12.8. The van der Waals surface area contributed by atoms with Gasteiger partial charge in [0.1, 0.15) is 11.8 Å². The Morgan fingerprint density at radius 3 is 2.52 bits per heavy atom. The van der Waals surface area contributed by atoms with Gasteiger partial charge in [0, 0.05) is 5.69 Å². The first-order valence-electron chi connectivity index (χ1n) is 6.84. The quantitative estimate of drug-likeness (QED) is 0.752. The minimum Gasteiger partial charge on any atom is -0.497 e. The average Bonchev–Trinajstić information content (AvgIpc) is 2.45. The standard InChI is InChI=1S/C15H22N2O4/c1-5-9(2)13(14(18)19)17-15(20)16-12-7-6-11(21-4)8-10(12)3/h6-9,13H,5H2,1-4H3,(H,18,19)(H2,16,17,20)/t9-,13-/m0/s1. The summed E-state index contributed by atoms with van der Waals surface area (Å²) in [6.07, 6.45) is 0.665. The van der Waals surface area contributed by atoms with Crippen LogP contribution in [0.3, 0.4) is 0 Å². The zero-order valence-electron chi connectivity index (χ0n) is 12.8. The molecule has 3 N–H and O–H groups in total. The predicted octanol–water partition coefficient (Wildman–Crippen LogP) is 2.62. The van der Waals surface area contributed by atoms with Gasteiger partial charge in [-0.3, -0.25) is 0 Å². The van der Waals surface area contributed by atoms with Crippen molar-refractivity contribution < 1.29 is 19.4 Å². The van der Waals surface area contributed by atoms with Gasteiger partial charge in [-0.1, -0.05) is 20.3 Å². The van der Waals surface area contributed by atoms with Crippen molar-refractivity contribution in [3.8, 4) is 5.75 Å². The summed E-state index contributed by atoms with van der Waals surface area (Å²) < 4.78 is 5.09. The molecule has 0 aliphatic rings. The second-order valence-electron chi connectivity index (χ2n) is 4.98. The second kappa shape index (κ2) is 7.52. The molecule has 6 nitrogen and oxygen atoms in total. The number of nitrogens with one attached hydrogen (secondary N) is 2. The van der Waals surface area contributed by atoms with E-state index in [0.717, 1.165) is 5.56 Å². The van der Waals surface area contributed by atoms with Gasteiger partial charge in [0.05, 0.1) is 7.11 Å². The number of anilines is 1. The SMILES string of the molecule is CC[C@H](C)[C@H](NC(=O)Nc1ccc(OC)cc1C)C(=O)O. The maximum Gasteiger partial charge on any atom is 0.326 e. The summed E-state index contributed by atoms with van der Waals surface area (Å²) in [5.74, 6) is -0.488. The Hall–Kier alpha value is -2.24. The minimum absolute atomic E-state index is 0.148. The fourth-order valence-electron chi connectivity index (χ4n) is 1.89.